The average Bonchev–Trinajstić information content (AvgIpc) is 3.30. The highest BCUT2D eigenvalue weighted by atomic mass is 16.3. The summed E-state index contributed by atoms with van der Waals surface area (Å²) in [5.41, 5.74) is 0. The first-order valence-corrected chi connectivity index (χ1v) is 29.2. The molecule has 0 radical (unpaired) electrons. The summed E-state index contributed by atoms with van der Waals surface area (Å²) in [6.45, 7) is 4.22. The monoisotopic (exact) mass is 902 g/mol. The summed E-state index contributed by atoms with van der Waals surface area (Å²) in [4.78, 5) is 12.6. The molecular weight excluding hydrogens is 787 g/mol. The van der Waals surface area contributed by atoms with Gasteiger partial charge in [-0.2, -0.15) is 0 Å². The maximum atomic E-state index is 12.6. The molecule has 0 aromatic rings. The minimum absolute atomic E-state index is 0.361. The molecule has 0 aliphatic rings. The van der Waals surface area contributed by atoms with Crippen molar-refractivity contribution in [2.45, 2.75) is 340 Å². The van der Waals surface area contributed by atoms with Crippen molar-refractivity contribution in [1.29, 1.82) is 0 Å². The van der Waals surface area contributed by atoms with Gasteiger partial charge in [-0.1, -0.05) is 301 Å². The van der Waals surface area contributed by atoms with E-state index in [1.54, 1.807) is 6.08 Å². The van der Waals surface area contributed by atoms with Crippen LogP contribution in [-0.4, -0.2) is 46.1 Å². The molecule has 0 saturated heterocycles. The highest BCUT2D eigenvalue weighted by Gasteiger charge is 2.22. The fraction of sp³-hybridized carbons (Fsp3) is 0.915. The number of carbonyl (C=O) groups excluding carboxylic acids is 1. The Morgan fingerprint density at radius 3 is 0.906 bits per heavy atom. The molecule has 64 heavy (non-hydrogen) atoms. The van der Waals surface area contributed by atoms with Crippen molar-refractivity contribution in [1.82, 2.24) is 5.32 Å². The zero-order chi connectivity index (χ0) is 46.5. The van der Waals surface area contributed by atoms with Crippen molar-refractivity contribution < 1.29 is 20.1 Å². The Kier molecular flexibility index (Phi) is 53.4. The summed E-state index contributed by atoms with van der Waals surface area (Å²) in [5, 5.41) is 33.4. The third kappa shape index (κ3) is 48.8. The van der Waals surface area contributed by atoms with Gasteiger partial charge in [-0.15, -0.1) is 0 Å². The second-order valence-electron chi connectivity index (χ2n) is 20.2. The van der Waals surface area contributed by atoms with E-state index in [1.807, 2.05) is 6.08 Å². The number of hydrogen-bond donors (Lipinski definition) is 4. The minimum atomic E-state index is -1.10. The zero-order valence-electron chi connectivity index (χ0n) is 43.4. The Bertz CT molecular complexity index is 951. The first-order valence-electron chi connectivity index (χ1n) is 29.2. The Hall–Kier alpha value is -1.17. The van der Waals surface area contributed by atoms with Crippen molar-refractivity contribution >= 4 is 5.91 Å². The van der Waals surface area contributed by atoms with Crippen molar-refractivity contribution in [2.75, 3.05) is 6.61 Å². The van der Waals surface area contributed by atoms with Crippen LogP contribution in [0.4, 0.5) is 0 Å². The van der Waals surface area contributed by atoms with E-state index in [0.29, 0.717) is 6.42 Å². The van der Waals surface area contributed by atoms with Crippen LogP contribution in [-0.2, 0) is 4.79 Å². The molecule has 0 aromatic carbocycles. The summed E-state index contributed by atoms with van der Waals surface area (Å²) in [6.07, 6.45) is 69.8. The van der Waals surface area contributed by atoms with Gasteiger partial charge in [0.25, 0.3) is 0 Å². The molecule has 0 aromatic heterocycles. The number of unbranched alkanes of at least 4 members (excludes halogenated alkanes) is 44. The fourth-order valence-electron chi connectivity index (χ4n) is 9.24. The number of allylic oxidation sites excluding steroid dienone is 3. The number of hydrogen-bond acceptors (Lipinski definition) is 4. The molecule has 0 heterocycles. The van der Waals surface area contributed by atoms with Gasteiger partial charge in [0.1, 0.15) is 6.10 Å². The third-order valence-electron chi connectivity index (χ3n) is 13.8. The van der Waals surface area contributed by atoms with Gasteiger partial charge in [0.05, 0.1) is 18.8 Å². The molecule has 0 spiro atoms. The Morgan fingerprint density at radius 2 is 0.625 bits per heavy atom. The van der Waals surface area contributed by atoms with Crippen LogP contribution in [0.3, 0.4) is 0 Å². The lowest BCUT2D eigenvalue weighted by Gasteiger charge is -2.21. The molecule has 0 fully saturated rings. The van der Waals surface area contributed by atoms with Crippen molar-refractivity contribution in [2.24, 2.45) is 0 Å². The Labute approximate surface area is 401 Å². The second kappa shape index (κ2) is 54.4. The largest absolute Gasteiger partial charge is 0.394 e. The topological polar surface area (TPSA) is 89.8 Å². The third-order valence-corrected chi connectivity index (χ3v) is 13.8. The van der Waals surface area contributed by atoms with Gasteiger partial charge in [0.15, 0.2) is 0 Å². The number of rotatable bonds is 54. The van der Waals surface area contributed by atoms with Crippen molar-refractivity contribution in [3.63, 3.8) is 0 Å². The number of amides is 1. The van der Waals surface area contributed by atoms with Crippen LogP contribution in [0.1, 0.15) is 322 Å². The summed E-state index contributed by atoms with van der Waals surface area (Å²) in [5.74, 6) is -0.499. The molecule has 0 saturated carbocycles. The van der Waals surface area contributed by atoms with Gasteiger partial charge < -0.3 is 20.6 Å². The predicted molar refractivity (Wildman–Crippen MR) is 282 cm³/mol. The van der Waals surface area contributed by atoms with E-state index >= 15 is 0 Å². The summed E-state index contributed by atoms with van der Waals surface area (Å²) >= 11 is 0. The van der Waals surface area contributed by atoms with Gasteiger partial charge in [0, 0.05) is 0 Å². The lowest BCUT2D eigenvalue weighted by Crippen LogP contribution is -2.48. The quantitative estimate of drug-likeness (QED) is 0.0362. The first kappa shape index (κ1) is 62.8. The fourth-order valence-corrected chi connectivity index (χ4v) is 9.24. The summed E-state index contributed by atoms with van der Waals surface area (Å²) in [6, 6.07) is -0.798. The zero-order valence-corrected chi connectivity index (χ0v) is 43.4. The molecule has 0 aliphatic carbocycles. The van der Waals surface area contributed by atoms with E-state index in [-0.39, 0.29) is 6.61 Å². The number of nitrogens with one attached hydrogen (secondary N) is 1. The maximum absolute atomic E-state index is 12.6. The lowest BCUT2D eigenvalue weighted by molar-refractivity contribution is -0.131. The van der Waals surface area contributed by atoms with Gasteiger partial charge in [0.2, 0.25) is 5.91 Å². The van der Waals surface area contributed by atoms with Crippen LogP contribution in [0.2, 0.25) is 0 Å². The summed E-state index contributed by atoms with van der Waals surface area (Å²) < 4.78 is 0. The van der Waals surface area contributed by atoms with Crippen molar-refractivity contribution in [3.05, 3.63) is 24.3 Å². The standard InChI is InChI=1S/C59H115NO4/c1-3-5-7-9-11-13-15-17-19-21-23-25-27-29-30-32-34-36-38-40-42-44-46-48-50-52-54-58(63)59(64)60-56(55-61)57(62)53-51-49-47-45-43-41-39-37-35-33-31-28-26-24-22-20-18-16-14-12-10-8-6-4-2/h29-30,51,53,56-58,61-63H,3-28,31-50,52,54-55H2,1-2H3,(H,60,64)/b30-29-,53-51+. The number of aliphatic hydroxyl groups excluding tert-OH is 3. The molecule has 0 rings (SSSR count). The minimum Gasteiger partial charge on any atom is -0.394 e. The lowest BCUT2D eigenvalue weighted by atomic mass is 10.0. The highest BCUT2D eigenvalue weighted by molar-refractivity contribution is 5.80. The van der Waals surface area contributed by atoms with Crippen LogP contribution in [0.25, 0.3) is 0 Å². The van der Waals surface area contributed by atoms with Crippen LogP contribution < -0.4 is 5.32 Å². The van der Waals surface area contributed by atoms with Crippen LogP contribution in [0.15, 0.2) is 24.3 Å². The molecule has 3 unspecified atom stereocenters. The van der Waals surface area contributed by atoms with Gasteiger partial charge >= 0.3 is 0 Å². The van der Waals surface area contributed by atoms with Gasteiger partial charge in [-0.05, 0) is 44.9 Å². The van der Waals surface area contributed by atoms with E-state index in [2.05, 4.69) is 31.3 Å². The Balaban J connectivity index is 3.56. The molecular formula is C59H115NO4. The summed E-state index contributed by atoms with van der Waals surface area (Å²) in [7, 11) is 0. The average molecular weight is 903 g/mol. The Morgan fingerprint density at radius 1 is 0.375 bits per heavy atom. The van der Waals surface area contributed by atoms with Crippen molar-refractivity contribution in [3.8, 4) is 0 Å². The molecule has 3 atom stereocenters. The molecule has 380 valence electrons. The van der Waals surface area contributed by atoms with E-state index in [1.165, 1.54) is 270 Å². The first-order chi connectivity index (χ1) is 31.6. The highest BCUT2D eigenvalue weighted by Crippen LogP contribution is 2.18. The predicted octanol–water partition coefficient (Wildman–Crippen LogP) is 18.1. The van der Waals surface area contributed by atoms with E-state index in [4.69, 9.17) is 0 Å². The molecule has 5 nitrogen and oxygen atoms in total. The maximum Gasteiger partial charge on any atom is 0.249 e. The van der Waals surface area contributed by atoms with Gasteiger partial charge in [-0.25, -0.2) is 0 Å². The molecule has 1 amide bonds. The van der Waals surface area contributed by atoms with Crippen LogP contribution in [0.5, 0.6) is 0 Å². The number of carbonyl (C=O) groups is 1. The molecule has 5 heteroatoms. The molecule has 4 N–H and O–H groups in total. The van der Waals surface area contributed by atoms with E-state index in [0.717, 1.165) is 32.1 Å². The SMILES string of the molecule is CCCCCCCCCCCCCC/C=C\CCCCCCCCCCCCC(O)C(=O)NC(CO)C(O)/C=C/CCCCCCCCCCCCCCCCCCCCCCCC. The second-order valence-corrected chi connectivity index (χ2v) is 20.2. The normalized spacial score (nSPS) is 13.4. The van der Waals surface area contributed by atoms with E-state index < -0.39 is 24.2 Å². The molecule has 0 aliphatic heterocycles. The van der Waals surface area contributed by atoms with E-state index in [9.17, 15) is 20.1 Å². The smallest absolute Gasteiger partial charge is 0.249 e. The van der Waals surface area contributed by atoms with Gasteiger partial charge in [-0.3, -0.25) is 4.79 Å². The van der Waals surface area contributed by atoms with Crippen LogP contribution in [0, 0.1) is 0 Å². The van der Waals surface area contributed by atoms with Crippen LogP contribution >= 0.6 is 0 Å². The number of aliphatic hydroxyl groups is 3. The molecule has 0 bridgehead atoms.